The van der Waals surface area contributed by atoms with Crippen molar-refractivity contribution in [1.82, 2.24) is 0 Å². The van der Waals surface area contributed by atoms with E-state index in [2.05, 4.69) is 23.4 Å². The van der Waals surface area contributed by atoms with Crippen LogP contribution in [0.2, 0.25) is 0 Å². The van der Waals surface area contributed by atoms with Crippen LogP contribution in [0, 0.1) is 0 Å². The first-order valence-electron chi connectivity index (χ1n) is 4.61. The smallest absolute Gasteiger partial charge is 0.125 e. The van der Waals surface area contributed by atoms with E-state index in [9.17, 15) is 0 Å². The molecular formula is C11H16N2S. The van der Waals surface area contributed by atoms with Crippen LogP contribution in [0.25, 0.3) is 0 Å². The Morgan fingerprint density at radius 3 is 2.29 bits per heavy atom. The largest absolute Gasteiger partial charge is 0.383 e. The summed E-state index contributed by atoms with van der Waals surface area (Å²) in [6, 6.07) is 8.38. The van der Waals surface area contributed by atoms with Gasteiger partial charge in [0.15, 0.2) is 0 Å². The number of hydrogen-bond donors (Lipinski definition) is 1. The maximum atomic E-state index is 5.83. The van der Waals surface area contributed by atoms with E-state index in [1.807, 2.05) is 26.0 Å². The molecule has 0 unspecified atom stereocenters. The average molecular weight is 208 g/mol. The highest BCUT2D eigenvalue weighted by Gasteiger charge is 1.99. The second kappa shape index (κ2) is 5.05. The van der Waals surface area contributed by atoms with Gasteiger partial charge in [-0.15, -0.1) is 11.8 Å². The second-order valence-corrected chi connectivity index (χ2v) is 4.22. The minimum Gasteiger partial charge on any atom is -0.383 e. The van der Waals surface area contributed by atoms with Gasteiger partial charge >= 0.3 is 0 Å². The molecule has 0 spiro atoms. The topological polar surface area (TPSA) is 38.4 Å². The van der Waals surface area contributed by atoms with Gasteiger partial charge < -0.3 is 5.73 Å². The highest BCUT2D eigenvalue weighted by molar-refractivity contribution is 7.98. The molecule has 0 aliphatic rings. The molecule has 0 saturated heterocycles. The van der Waals surface area contributed by atoms with Crippen molar-refractivity contribution in [2.45, 2.75) is 24.8 Å². The Hall–Kier alpha value is -0.960. The van der Waals surface area contributed by atoms with Gasteiger partial charge in [-0.2, -0.15) is 0 Å². The van der Waals surface area contributed by atoms with Crippen molar-refractivity contribution in [3.63, 3.8) is 0 Å². The van der Waals surface area contributed by atoms with E-state index in [0.29, 0.717) is 5.84 Å². The van der Waals surface area contributed by atoms with E-state index in [1.54, 1.807) is 11.8 Å². The summed E-state index contributed by atoms with van der Waals surface area (Å²) in [4.78, 5) is 5.53. The molecular weight excluding hydrogens is 192 g/mol. The van der Waals surface area contributed by atoms with E-state index in [-0.39, 0.29) is 6.04 Å². The molecule has 0 radical (unpaired) electrons. The van der Waals surface area contributed by atoms with Gasteiger partial charge in [0, 0.05) is 16.5 Å². The normalized spacial score (nSPS) is 12.1. The molecule has 0 bridgehead atoms. The Morgan fingerprint density at radius 1 is 1.29 bits per heavy atom. The number of hydrogen-bond acceptors (Lipinski definition) is 2. The summed E-state index contributed by atoms with van der Waals surface area (Å²) in [5.74, 6) is 0.618. The van der Waals surface area contributed by atoms with Crippen molar-refractivity contribution in [2.75, 3.05) is 6.26 Å². The van der Waals surface area contributed by atoms with Crippen LogP contribution in [0.3, 0.4) is 0 Å². The lowest BCUT2D eigenvalue weighted by atomic mass is 10.2. The Morgan fingerprint density at radius 2 is 1.86 bits per heavy atom. The first-order chi connectivity index (χ1) is 6.63. The quantitative estimate of drug-likeness (QED) is 0.471. The van der Waals surface area contributed by atoms with Crippen molar-refractivity contribution >= 4 is 17.6 Å². The van der Waals surface area contributed by atoms with Crippen LogP contribution in [0.4, 0.5) is 0 Å². The zero-order valence-electron chi connectivity index (χ0n) is 8.82. The monoisotopic (exact) mass is 208 g/mol. The summed E-state index contributed by atoms with van der Waals surface area (Å²) in [7, 11) is 0. The lowest BCUT2D eigenvalue weighted by molar-refractivity contribution is 0.834. The molecule has 0 atom stereocenters. The van der Waals surface area contributed by atoms with Gasteiger partial charge in [-0.1, -0.05) is 12.1 Å². The van der Waals surface area contributed by atoms with Crippen LogP contribution in [0.15, 0.2) is 34.2 Å². The third-order valence-corrected chi connectivity index (χ3v) is 2.53. The molecule has 14 heavy (non-hydrogen) atoms. The summed E-state index contributed by atoms with van der Waals surface area (Å²) in [6.45, 7) is 4.03. The summed E-state index contributed by atoms with van der Waals surface area (Å²) in [5, 5.41) is 0. The molecule has 76 valence electrons. The Balaban J connectivity index is 2.86. The SMILES string of the molecule is CSc1ccc(C(N)=NC(C)C)cc1. The van der Waals surface area contributed by atoms with E-state index in [1.165, 1.54) is 4.90 Å². The van der Waals surface area contributed by atoms with Crippen LogP contribution in [0.1, 0.15) is 19.4 Å². The lowest BCUT2D eigenvalue weighted by Crippen LogP contribution is -2.15. The number of nitrogens with zero attached hydrogens (tertiary/aromatic N) is 1. The third-order valence-electron chi connectivity index (χ3n) is 1.78. The summed E-state index contributed by atoms with van der Waals surface area (Å²) < 4.78 is 0. The first kappa shape index (κ1) is 11.1. The third kappa shape index (κ3) is 3.07. The van der Waals surface area contributed by atoms with Gasteiger partial charge in [0.1, 0.15) is 5.84 Å². The molecule has 0 aromatic heterocycles. The zero-order chi connectivity index (χ0) is 10.6. The van der Waals surface area contributed by atoms with Gasteiger partial charge in [0.2, 0.25) is 0 Å². The predicted octanol–water partition coefficient (Wildman–Crippen LogP) is 2.52. The molecule has 1 rings (SSSR count). The summed E-state index contributed by atoms with van der Waals surface area (Å²) in [5.41, 5.74) is 6.83. The van der Waals surface area contributed by atoms with E-state index >= 15 is 0 Å². The Kier molecular flexibility index (Phi) is 4.01. The van der Waals surface area contributed by atoms with Crippen LogP contribution < -0.4 is 5.73 Å². The fraction of sp³-hybridized carbons (Fsp3) is 0.364. The summed E-state index contributed by atoms with van der Waals surface area (Å²) in [6.07, 6.45) is 2.06. The lowest BCUT2D eigenvalue weighted by Gasteiger charge is -2.03. The van der Waals surface area contributed by atoms with E-state index in [4.69, 9.17) is 5.73 Å². The minimum absolute atomic E-state index is 0.246. The van der Waals surface area contributed by atoms with Gasteiger partial charge in [-0.25, -0.2) is 0 Å². The Labute approximate surface area is 89.6 Å². The van der Waals surface area contributed by atoms with Gasteiger partial charge in [0.05, 0.1) is 0 Å². The van der Waals surface area contributed by atoms with Crippen LogP contribution >= 0.6 is 11.8 Å². The molecule has 1 aromatic rings. The molecule has 2 nitrogen and oxygen atoms in total. The van der Waals surface area contributed by atoms with Crippen molar-refractivity contribution in [3.8, 4) is 0 Å². The van der Waals surface area contributed by atoms with Crippen molar-refractivity contribution in [1.29, 1.82) is 0 Å². The molecule has 0 fully saturated rings. The first-order valence-corrected chi connectivity index (χ1v) is 5.83. The van der Waals surface area contributed by atoms with Gasteiger partial charge in [-0.3, -0.25) is 4.99 Å². The maximum absolute atomic E-state index is 5.83. The fourth-order valence-electron chi connectivity index (χ4n) is 1.11. The van der Waals surface area contributed by atoms with Crippen LogP contribution in [0.5, 0.6) is 0 Å². The number of thioether (sulfide) groups is 1. The van der Waals surface area contributed by atoms with Gasteiger partial charge in [0.25, 0.3) is 0 Å². The average Bonchev–Trinajstić information content (AvgIpc) is 2.17. The number of nitrogens with two attached hydrogens (primary N) is 1. The summed E-state index contributed by atoms with van der Waals surface area (Å²) >= 11 is 1.72. The van der Waals surface area contributed by atoms with Crippen molar-refractivity contribution < 1.29 is 0 Å². The standard InChI is InChI=1S/C11H16N2S/c1-8(2)13-11(12)9-4-6-10(14-3)7-5-9/h4-8H,1-3H3,(H2,12,13). The van der Waals surface area contributed by atoms with Crippen LogP contribution in [-0.2, 0) is 0 Å². The molecule has 2 N–H and O–H groups in total. The van der Waals surface area contributed by atoms with Gasteiger partial charge in [-0.05, 0) is 32.2 Å². The molecule has 0 saturated carbocycles. The van der Waals surface area contributed by atoms with Crippen LogP contribution in [-0.4, -0.2) is 18.1 Å². The zero-order valence-corrected chi connectivity index (χ0v) is 9.64. The second-order valence-electron chi connectivity index (χ2n) is 3.34. The fourth-order valence-corrected chi connectivity index (χ4v) is 1.52. The minimum atomic E-state index is 0.246. The number of aliphatic imine (C=N–C) groups is 1. The Bertz CT molecular complexity index is 315. The van der Waals surface area contributed by atoms with E-state index < -0.39 is 0 Å². The molecule has 0 aliphatic carbocycles. The van der Waals surface area contributed by atoms with Crippen molar-refractivity contribution in [3.05, 3.63) is 29.8 Å². The maximum Gasteiger partial charge on any atom is 0.125 e. The molecule has 0 amide bonds. The molecule has 3 heteroatoms. The predicted molar refractivity (Wildman–Crippen MR) is 64.1 cm³/mol. The molecule has 0 aliphatic heterocycles. The number of amidine groups is 1. The number of rotatable bonds is 3. The van der Waals surface area contributed by atoms with Crippen molar-refractivity contribution in [2.24, 2.45) is 10.7 Å². The highest BCUT2D eigenvalue weighted by Crippen LogP contribution is 2.14. The highest BCUT2D eigenvalue weighted by atomic mass is 32.2. The number of benzene rings is 1. The molecule has 1 aromatic carbocycles. The molecule has 0 heterocycles. The van der Waals surface area contributed by atoms with E-state index in [0.717, 1.165) is 5.56 Å².